The Balaban J connectivity index is 2.53. The van der Waals surface area contributed by atoms with Crippen molar-refractivity contribution in [2.24, 2.45) is 7.05 Å². The summed E-state index contributed by atoms with van der Waals surface area (Å²) in [5, 5.41) is 10.2. The average Bonchev–Trinajstić information content (AvgIpc) is 2.60. The van der Waals surface area contributed by atoms with Crippen LogP contribution < -0.4 is 5.69 Å². The lowest BCUT2D eigenvalue weighted by atomic mass is 10.3. The molecule has 5 heteroatoms. The Hall–Kier alpha value is -1.62. The summed E-state index contributed by atoms with van der Waals surface area (Å²) in [4.78, 5) is 12.1. The predicted octanol–water partition coefficient (Wildman–Crippen LogP) is 1.79. The topological polar surface area (TPSA) is 47.2 Å². The minimum absolute atomic E-state index is 0.0442. The molecule has 0 aliphatic carbocycles. The van der Waals surface area contributed by atoms with Gasteiger partial charge < -0.3 is 5.11 Å². The molecule has 1 aromatic carbocycles. The highest BCUT2D eigenvalue weighted by atomic mass is 32.2. The third-order valence-corrected chi connectivity index (χ3v) is 3.52. The molecule has 96 valence electrons. The van der Waals surface area contributed by atoms with E-state index >= 15 is 0 Å². The second-order valence-corrected chi connectivity index (χ2v) is 5.01. The second-order valence-electron chi connectivity index (χ2n) is 4.03. The molecule has 1 heterocycles. The van der Waals surface area contributed by atoms with Gasteiger partial charge in [0.15, 0.2) is 0 Å². The standard InChI is InChI=1S/C13H16N2O2S/c1-14-11(8-9-18-2)12(16)15(13(14)17)10-6-4-3-5-7-10/h3-7,16H,8-9H2,1-2H3. The van der Waals surface area contributed by atoms with Gasteiger partial charge in [-0.3, -0.25) is 4.57 Å². The average molecular weight is 264 g/mol. The molecule has 1 aromatic heterocycles. The van der Waals surface area contributed by atoms with E-state index in [1.807, 2.05) is 24.5 Å². The maximum absolute atomic E-state index is 12.1. The van der Waals surface area contributed by atoms with Crippen molar-refractivity contribution >= 4 is 11.8 Å². The van der Waals surface area contributed by atoms with Crippen LogP contribution in [0, 0.1) is 0 Å². The summed E-state index contributed by atoms with van der Waals surface area (Å²) < 4.78 is 2.86. The largest absolute Gasteiger partial charge is 0.493 e. The van der Waals surface area contributed by atoms with Crippen molar-refractivity contribution in [1.82, 2.24) is 9.13 Å². The van der Waals surface area contributed by atoms with E-state index in [9.17, 15) is 9.90 Å². The molecule has 0 atom stereocenters. The Morgan fingerprint density at radius 1 is 1.28 bits per heavy atom. The normalized spacial score (nSPS) is 10.8. The summed E-state index contributed by atoms with van der Waals surface area (Å²) in [6, 6.07) is 9.17. The molecule has 18 heavy (non-hydrogen) atoms. The molecule has 0 saturated heterocycles. The maximum Gasteiger partial charge on any atom is 0.335 e. The van der Waals surface area contributed by atoms with Crippen molar-refractivity contribution in [2.45, 2.75) is 6.42 Å². The van der Waals surface area contributed by atoms with Crippen molar-refractivity contribution in [2.75, 3.05) is 12.0 Å². The fourth-order valence-electron chi connectivity index (χ4n) is 1.92. The fourth-order valence-corrected chi connectivity index (χ4v) is 2.32. The molecular weight excluding hydrogens is 248 g/mol. The molecule has 0 radical (unpaired) electrons. The lowest BCUT2D eigenvalue weighted by Crippen LogP contribution is -2.21. The number of aromatic hydroxyl groups is 1. The molecule has 1 N–H and O–H groups in total. The zero-order chi connectivity index (χ0) is 13.1. The molecule has 0 saturated carbocycles. The summed E-state index contributed by atoms with van der Waals surface area (Å²) in [5.74, 6) is 0.919. The highest BCUT2D eigenvalue weighted by Gasteiger charge is 2.17. The van der Waals surface area contributed by atoms with Crippen LogP contribution in [0.15, 0.2) is 35.1 Å². The van der Waals surface area contributed by atoms with Crippen LogP contribution in [0.1, 0.15) is 5.69 Å². The summed E-state index contributed by atoms with van der Waals surface area (Å²) in [5.41, 5.74) is 1.15. The van der Waals surface area contributed by atoms with Crippen molar-refractivity contribution in [3.63, 3.8) is 0 Å². The number of thioether (sulfide) groups is 1. The van der Waals surface area contributed by atoms with Crippen molar-refractivity contribution in [1.29, 1.82) is 0 Å². The van der Waals surface area contributed by atoms with Gasteiger partial charge in [0.2, 0.25) is 5.88 Å². The van der Waals surface area contributed by atoms with Gasteiger partial charge in [-0.25, -0.2) is 9.36 Å². The number of aromatic nitrogens is 2. The van der Waals surface area contributed by atoms with E-state index in [0.717, 1.165) is 5.75 Å². The summed E-state index contributed by atoms with van der Waals surface area (Å²) in [6.45, 7) is 0. The monoisotopic (exact) mass is 264 g/mol. The van der Waals surface area contributed by atoms with Gasteiger partial charge in [0, 0.05) is 13.5 Å². The number of rotatable bonds is 4. The second kappa shape index (κ2) is 5.35. The first-order chi connectivity index (χ1) is 8.66. The van der Waals surface area contributed by atoms with E-state index in [0.29, 0.717) is 17.8 Å². The molecule has 0 aliphatic heterocycles. The Morgan fingerprint density at radius 3 is 2.56 bits per heavy atom. The molecule has 0 unspecified atom stereocenters. The highest BCUT2D eigenvalue weighted by Crippen LogP contribution is 2.20. The van der Waals surface area contributed by atoms with Gasteiger partial charge in [-0.1, -0.05) is 18.2 Å². The SMILES string of the molecule is CSCCc1c(O)n(-c2ccccc2)c(=O)n1C. The molecule has 0 amide bonds. The highest BCUT2D eigenvalue weighted by molar-refractivity contribution is 7.98. The van der Waals surface area contributed by atoms with Crippen molar-refractivity contribution in [3.8, 4) is 11.6 Å². The molecule has 0 fully saturated rings. The zero-order valence-electron chi connectivity index (χ0n) is 10.5. The summed E-state index contributed by atoms with van der Waals surface area (Å²) >= 11 is 1.69. The molecule has 2 aromatic rings. The lowest BCUT2D eigenvalue weighted by molar-refractivity contribution is 0.434. The Morgan fingerprint density at radius 2 is 1.94 bits per heavy atom. The van der Waals surface area contributed by atoms with Gasteiger partial charge in [-0.2, -0.15) is 11.8 Å². The van der Waals surface area contributed by atoms with E-state index in [-0.39, 0.29) is 11.6 Å². The van der Waals surface area contributed by atoms with E-state index in [1.54, 1.807) is 30.9 Å². The first kappa shape index (κ1) is 12.8. The summed E-state index contributed by atoms with van der Waals surface area (Å²) in [6.07, 6.45) is 2.68. The van der Waals surface area contributed by atoms with Gasteiger partial charge in [0.25, 0.3) is 0 Å². The van der Waals surface area contributed by atoms with Gasteiger partial charge in [-0.05, 0) is 24.1 Å². The number of nitrogens with zero attached hydrogens (tertiary/aromatic N) is 2. The number of benzene rings is 1. The number of hydrogen-bond acceptors (Lipinski definition) is 3. The number of hydrogen-bond donors (Lipinski definition) is 1. The van der Waals surface area contributed by atoms with Crippen LogP contribution in [-0.4, -0.2) is 26.2 Å². The molecule has 0 spiro atoms. The van der Waals surface area contributed by atoms with Crippen molar-refractivity contribution in [3.05, 3.63) is 46.5 Å². The number of imidazole rings is 1. The Labute approximate surface area is 110 Å². The van der Waals surface area contributed by atoms with E-state index in [4.69, 9.17) is 0 Å². The minimum atomic E-state index is -0.213. The maximum atomic E-state index is 12.1. The third kappa shape index (κ3) is 2.18. The molecule has 0 bridgehead atoms. The first-order valence-electron chi connectivity index (χ1n) is 5.70. The van der Waals surface area contributed by atoms with Gasteiger partial charge >= 0.3 is 5.69 Å². The molecule has 2 rings (SSSR count). The smallest absolute Gasteiger partial charge is 0.335 e. The van der Waals surface area contributed by atoms with E-state index in [1.165, 1.54) is 9.13 Å². The van der Waals surface area contributed by atoms with Gasteiger partial charge in [0.05, 0.1) is 11.4 Å². The van der Waals surface area contributed by atoms with Crippen LogP contribution in [0.4, 0.5) is 0 Å². The Bertz CT molecular complexity index is 587. The zero-order valence-corrected chi connectivity index (χ0v) is 11.3. The summed E-state index contributed by atoms with van der Waals surface area (Å²) in [7, 11) is 1.69. The number of para-hydroxylation sites is 1. The van der Waals surface area contributed by atoms with Crippen LogP contribution in [0.2, 0.25) is 0 Å². The van der Waals surface area contributed by atoms with Crippen LogP contribution in [0.5, 0.6) is 5.88 Å². The van der Waals surface area contributed by atoms with Crippen molar-refractivity contribution < 1.29 is 5.11 Å². The lowest BCUT2D eigenvalue weighted by Gasteiger charge is -2.03. The van der Waals surface area contributed by atoms with Crippen LogP contribution in [0.3, 0.4) is 0 Å². The quantitative estimate of drug-likeness (QED) is 0.915. The van der Waals surface area contributed by atoms with Crippen LogP contribution >= 0.6 is 11.8 Å². The van der Waals surface area contributed by atoms with Crippen LogP contribution in [0.25, 0.3) is 5.69 Å². The molecule has 0 aliphatic rings. The fraction of sp³-hybridized carbons (Fsp3) is 0.308. The predicted molar refractivity (Wildman–Crippen MR) is 74.8 cm³/mol. The third-order valence-electron chi connectivity index (χ3n) is 2.91. The first-order valence-corrected chi connectivity index (χ1v) is 7.10. The minimum Gasteiger partial charge on any atom is -0.493 e. The van der Waals surface area contributed by atoms with Gasteiger partial charge in [0.1, 0.15) is 0 Å². The molecular formula is C13H16N2O2S. The van der Waals surface area contributed by atoms with Gasteiger partial charge in [-0.15, -0.1) is 0 Å². The molecule has 4 nitrogen and oxygen atoms in total. The van der Waals surface area contributed by atoms with E-state index in [2.05, 4.69) is 0 Å². The van der Waals surface area contributed by atoms with Crippen LogP contribution in [-0.2, 0) is 13.5 Å². The Kier molecular flexibility index (Phi) is 3.81. The van der Waals surface area contributed by atoms with E-state index < -0.39 is 0 Å².